The highest BCUT2D eigenvalue weighted by atomic mass is 127. The van der Waals surface area contributed by atoms with Crippen molar-refractivity contribution in [3.8, 4) is 0 Å². The lowest BCUT2D eigenvalue weighted by Gasteiger charge is -2.29. The van der Waals surface area contributed by atoms with Crippen LogP contribution in [-0.4, -0.2) is 63.8 Å². The van der Waals surface area contributed by atoms with Crippen molar-refractivity contribution in [1.29, 1.82) is 0 Å². The summed E-state index contributed by atoms with van der Waals surface area (Å²) in [5.41, 5.74) is -1.13. The van der Waals surface area contributed by atoms with E-state index in [2.05, 4.69) is 20.9 Å². The summed E-state index contributed by atoms with van der Waals surface area (Å²) in [6.07, 6.45) is 0.683. The van der Waals surface area contributed by atoms with Gasteiger partial charge in [0.1, 0.15) is 15.4 Å². The fourth-order valence-corrected chi connectivity index (χ4v) is 1.98. The van der Waals surface area contributed by atoms with Crippen LogP contribution in [-0.2, 0) is 14.6 Å². The van der Waals surface area contributed by atoms with Crippen molar-refractivity contribution >= 4 is 45.9 Å². The number of hydrogen-bond donors (Lipinski definition) is 3. The normalized spacial score (nSPS) is 12.9. The van der Waals surface area contributed by atoms with E-state index in [4.69, 9.17) is 4.74 Å². The largest absolute Gasteiger partial charge is 0.444 e. The van der Waals surface area contributed by atoms with Gasteiger partial charge in [0.25, 0.3) is 0 Å². The van der Waals surface area contributed by atoms with Gasteiger partial charge in [0, 0.05) is 26.4 Å². The fourth-order valence-electron chi connectivity index (χ4n) is 1.50. The van der Waals surface area contributed by atoms with Gasteiger partial charge < -0.3 is 20.7 Å². The third-order valence-electron chi connectivity index (χ3n) is 2.53. The van der Waals surface area contributed by atoms with Gasteiger partial charge in [-0.2, -0.15) is 0 Å². The van der Waals surface area contributed by atoms with Crippen LogP contribution in [0.3, 0.4) is 0 Å². The first kappa shape index (κ1) is 25.5. The van der Waals surface area contributed by atoms with Crippen LogP contribution in [0.5, 0.6) is 0 Å². The number of nitrogens with zero attached hydrogens (tertiary/aromatic N) is 1. The van der Waals surface area contributed by atoms with Gasteiger partial charge in [-0.25, -0.2) is 13.2 Å². The molecule has 10 heteroatoms. The van der Waals surface area contributed by atoms with Gasteiger partial charge >= 0.3 is 6.09 Å². The molecule has 0 saturated carbocycles. The van der Waals surface area contributed by atoms with Gasteiger partial charge in [0.15, 0.2) is 5.96 Å². The molecule has 24 heavy (non-hydrogen) atoms. The Bertz CT molecular complexity index is 527. The summed E-state index contributed by atoms with van der Waals surface area (Å²) >= 11 is 0. The zero-order chi connectivity index (χ0) is 18.3. The lowest BCUT2D eigenvalue weighted by atomic mass is 10.1. The SMILES string of the molecule is CN=C(NCCS(C)(=O)=O)NCC(C)(C)NC(=O)OC(C)(C)C.I. The molecule has 0 atom stereocenters. The molecule has 0 spiro atoms. The molecule has 0 aliphatic carbocycles. The zero-order valence-corrected chi connectivity index (χ0v) is 18.7. The first-order chi connectivity index (χ1) is 10.2. The Kier molecular flexibility index (Phi) is 10.9. The number of halogens is 1. The van der Waals surface area contributed by atoms with Crippen LogP contribution < -0.4 is 16.0 Å². The number of ether oxygens (including phenoxy) is 1. The van der Waals surface area contributed by atoms with Crippen LogP contribution in [0.2, 0.25) is 0 Å². The topological polar surface area (TPSA) is 109 Å². The van der Waals surface area contributed by atoms with E-state index in [1.54, 1.807) is 27.8 Å². The highest BCUT2D eigenvalue weighted by Crippen LogP contribution is 2.09. The van der Waals surface area contributed by atoms with Crippen LogP contribution in [0.15, 0.2) is 4.99 Å². The molecule has 0 bridgehead atoms. The molecule has 0 fully saturated rings. The smallest absolute Gasteiger partial charge is 0.408 e. The van der Waals surface area contributed by atoms with E-state index in [9.17, 15) is 13.2 Å². The Morgan fingerprint density at radius 3 is 2.08 bits per heavy atom. The fraction of sp³-hybridized carbons (Fsp3) is 0.857. The number of carbonyl (C=O) groups excluding carboxylic acids is 1. The average molecular weight is 478 g/mol. The molecule has 0 aliphatic rings. The monoisotopic (exact) mass is 478 g/mol. The molecule has 0 aliphatic heterocycles. The summed E-state index contributed by atoms with van der Waals surface area (Å²) in [6, 6.07) is 0. The van der Waals surface area contributed by atoms with Crippen LogP contribution in [0.4, 0.5) is 4.79 Å². The van der Waals surface area contributed by atoms with Crippen LogP contribution in [0, 0.1) is 0 Å². The standard InChI is InChI=1S/C14H30N4O4S.HI/c1-13(2,3)22-12(19)18-14(4,5)10-17-11(15-6)16-8-9-23(7,20)21;/h8-10H2,1-7H3,(H,18,19)(H2,15,16,17);1H. The summed E-state index contributed by atoms with van der Waals surface area (Å²) < 4.78 is 27.4. The van der Waals surface area contributed by atoms with Gasteiger partial charge in [-0.1, -0.05) is 0 Å². The Morgan fingerprint density at radius 2 is 1.67 bits per heavy atom. The second kappa shape index (κ2) is 10.3. The Balaban J connectivity index is 0. The molecule has 0 aromatic rings. The highest BCUT2D eigenvalue weighted by molar-refractivity contribution is 14.0. The number of aliphatic imine (C=N–C) groups is 1. The molecule has 3 N–H and O–H groups in total. The van der Waals surface area contributed by atoms with Crippen LogP contribution >= 0.6 is 24.0 Å². The minimum Gasteiger partial charge on any atom is -0.444 e. The van der Waals surface area contributed by atoms with Crippen molar-refractivity contribution in [1.82, 2.24) is 16.0 Å². The van der Waals surface area contributed by atoms with Crippen molar-refractivity contribution in [3.05, 3.63) is 0 Å². The van der Waals surface area contributed by atoms with Gasteiger partial charge in [-0.3, -0.25) is 4.99 Å². The van der Waals surface area contributed by atoms with Gasteiger partial charge in [-0.05, 0) is 34.6 Å². The Hall–Kier alpha value is -0.780. The number of carbonyl (C=O) groups is 1. The van der Waals surface area contributed by atoms with Gasteiger partial charge in [0.05, 0.1) is 11.3 Å². The van der Waals surface area contributed by atoms with E-state index in [1.807, 2.05) is 13.8 Å². The summed E-state index contributed by atoms with van der Waals surface area (Å²) in [4.78, 5) is 15.8. The molecule has 0 heterocycles. The third-order valence-corrected chi connectivity index (χ3v) is 3.47. The molecule has 0 rings (SSSR count). The maximum atomic E-state index is 11.8. The van der Waals surface area contributed by atoms with Crippen molar-refractivity contribution < 1.29 is 17.9 Å². The van der Waals surface area contributed by atoms with E-state index < -0.39 is 27.1 Å². The number of nitrogens with one attached hydrogen (secondary N) is 3. The highest BCUT2D eigenvalue weighted by Gasteiger charge is 2.24. The summed E-state index contributed by atoms with van der Waals surface area (Å²) in [7, 11) is -1.44. The number of hydrogen-bond acceptors (Lipinski definition) is 5. The van der Waals surface area contributed by atoms with Crippen molar-refractivity contribution in [2.45, 2.75) is 45.8 Å². The maximum Gasteiger partial charge on any atom is 0.408 e. The summed E-state index contributed by atoms with van der Waals surface area (Å²) in [6.45, 7) is 9.73. The van der Waals surface area contributed by atoms with E-state index in [0.717, 1.165) is 0 Å². The van der Waals surface area contributed by atoms with E-state index >= 15 is 0 Å². The molecular weight excluding hydrogens is 447 g/mol. The van der Waals surface area contributed by atoms with Crippen molar-refractivity contribution in [2.24, 2.45) is 4.99 Å². The molecule has 0 radical (unpaired) electrons. The number of amides is 1. The van der Waals surface area contributed by atoms with Crippen molar-refractivity contribution in [2.75, 3.05) is 32.1 Å². The Labute approximate surface area is 162 Å². The minimum atomic E-state index is -3.02. The number of sulfone groups is 1. The van der Waals surface area contributed by atoms with Crippen molar-refractivity contribution in [3.63, 3.8) is 0 Å². The van der Waals surface area contributed by atoms with Crippen LogP contribution in [0.25, 0.3) is 0 Å². The van der Waals surface area contributed by atoms with E-state index in [-0.39, 0.29) is 36.3 Å². The molecule has 0 aromatic carbocycles. The second-order valence-corrected chi connectivity index (χ2v) is 9.25. The first-order valence-electron chi connectivity index (χ1n) is 7.37. The molecule has 1 amide bonds. The van der Waals surface area contributed by atoms with Crippen LogP contribution in [0.1, 0.15) is 34.6 Å². The molecule has 144 valence electrons. The molecular formula is C14H31IN4O4S. The van der Waals surface area contributed by atoms with Gasteiger partial charge in [0.2, 0.25) is 0 Å². The van der Waals surface area contributed by atoms with Gasteiger partial charge in [-0.15, -0.1) is 24.0 Å². The molecule has 0 saturated heterocycles. The lowest BCUT2D eigenvalue weighted by molar-refractivity contribution is 0.0474. The molecule has 0 unspecified atom stereocenters. The summed E-state index contributed by atoms with van der Waals surface area (Å²) in [5, 5.41) is 8.71. The first-order valence-corrected chi connectivity index (χ1v) is 9.43. The second-order valence-electron chi connectivity index (χ2n) is 6.99. The zero-order valence-electron chi connectivity index (χ0n) is 15.5. The number of alkyl carbamates (subject to hydrolysis) is 1. The Morgan fingerprint density at radius 1 is 1.12 bits per heavy atom. The molecule has 8 nitrogen and oxygen atoms in total. The predicted molar refractivity (Wildman–Crippen MR) is 108 cm³/mol. The summed E-state index contributed by atoms with van der Waals surface area (Å²) in [5.74, 6) is 0.487. The van der Waals surface area contributed by atoms with E-state index in [0.29, 0.717) is 12.5 Å². The molecule has 0 aromatic heterocycles. The van der Waals surface area contributed by atoms with E-state index in [1.165, 1.54) is 6.26 Å². The third kappa shape index (κ3) is 14.8. The quantitative estimate of drug-likeness (QED) is 0.300. The number of guanidine groups is 1. The minimum absolute atomic E-state index is 0. The predicted octanol–water partition coefficient (Wildman–Crippen LogP) is 1.12. The lowest BCUT2D eigenvalue weighted by Crippen LogP contribution is -2.54. The maximum absolute atomic E-state index is 11.8. The number of rotatable bonds is 6. The average Bonchev–Trinajstić information content (AvgIpc) is 2.28.